The molecular formula is C22H12O4. The molecule has 0 aliphatic carbocycles. The van der Waals surface area contributed by atoms with Gasteiger partial charge in [0, 0.05) is 0 Å². The van der Waals surface area contributed by atoms with Gasteiger partial charge in [0.05, 0.1) is 16.5 Å². The quantitative estimate of drug-likeness (QED) is 0.477. The van der Waals surface area contributed by atoms with Crippen LogP contribution < -0.4 is 10.2 Å². The topological polar surface area (TPSA) is 56.5 Å². The van der Waals surface area contributed by atoms with E-state index in [4.69, 9.17) is 9.15 Å². The highest BCUT2D eigenvalue weighted by Gasteiger charge is 2.28. The average molecular weight is 340 g/mol. The molecule has 1 aliphatic rings. The van der Waals surface area contributed by atoms with Crippen molar-refractivity contribution in [1.82, 2.24) is 0 Å². The molecule has 0 bridgehead atoms. The number of carbonyl (C=O) groups is 1. The summed E-state index contributed by atoms with van der Waals surface area (Å²) < 4.78 is 11.2. The lowest BCUT2D eigenvalue weighted by molar-refractivity contribution is 0.101. The molecule has 1 aromatic heterocycles. The number of Topliss-reactive ketones (excluding diaryl/α,β-unsaturated/α-hetero) is 1. The van der Waals surface area contributed by atoms with E-state index in [1.165, 1.54) is 12.3 Å². The van der Waals surface area contributed by atoms with E-state index in [1.54, 1.807) is 24.3 Å². The van der Waals surface area contributed by atoms with Gasteiger partial charge in [0.15, 0.2) is 11.2 Å². The minimum atomic E-state index is -0.238. The number of hydrogen-bond donors (Lipinski definition) is 0. The molecule has 0 fully saturated rings. The van der Waals surface area contributed by atoms with Crippen molar-refractivity contribution in [3.8, 4) is 5.75 Å². The first-order valence-corrected chi connectivity index (χ1v) is 8.18. The van der Waals surface area contributed by atoms with E-state index in [0.29, 0.717) is 22.3 Å². The van der Waals surface area contributed by atoms with Gasteiger partial charge in [0.1, 0.15) is 17.6 Å². The van der Waals surface area contributed by atoms with Crippen molar-refractivity contribution in [3.63, 3.8) is 0 Å². The lowest BCUT2D eigenvalue weighted by Crippen LogP contribution is -2.07. The summed E-state index contributed by atoms with van der Waals surface area (Å²) in [5.41, 5.74) is 1.09. The van der Waals surface area contributed by atoms with E-state index < -0.39 is 0 Å². The van der Waals surface area contributed by atoms with Crippen LogP contribution in [-0.2, 0) is 0 Å². The Balaban J connectivity index is 1.63. The van der Waals surface area contributed by atoms with E-state index in [0.717, 1.165) is 10.8 Å². The zero-order valence-electron chi connectivity index (χ0n) is 13.6. The second-order valence-electron chi connectivity index (χ2n) is 6.15. The largest absolute Gasteiger partial charge is 0.463 e. The van der Waals surface area contributed by atoms with Crippen LogP contribution in [0.15, 0.2) is 81.9 Å². The van der Waals surface area contributed by atoms with E-state index >= 15 is 0 Å². The van der Waals surface area contributed by atoms with Gasteiger partial charge in [-0.3, -0.25) is 9.59 Å². The van der Waals surface area contributed by atoms with Crippen LogP contribution in [0.25, 0.3) is 27.8 Å². The molecule has 4 nitrogen and oxygen atoms in total. The molecule has 4 heteroatoms. The molecule has 0 N–H and O–H groups in total. The molecule has 0 saturated heterocycles. The van der Waals surface area contributed by atoms with Crippen molar-refractivity contribution in [2.24, 2.45) is 0 Å². The van der Waals surface area contributed by atoms with Gasteiger partial charge < -0.3 is 9.15 Å². The predicted octanol–water partition coefficient (Wildman–Crippen LogP) is 4.56. The van der Waals surface area contributed by atoms with E-state index in [9.17, 15) is 9.59 Å². The molecule has 0 atom stereocenters. The lowest BCUT2D eigenvalue weighted by Gasteiger charge is -2.01. The molecule has 5 rings (SSSR count). The molecule has 124 valence electrons. The van der Waals surface area contributed by atoms with Gasteiger partial charge >= 0.3 is 0 Å². The van der Waals surface area contributed by atoms with Crippen molar-refractivity contribution in [2.45, 2.75) is 0 Å². The number of para-hydroxylation sites is 1. The second-order valence-corrected chi connectivity index (χ2v) is 6.15. The van der Waals surface area contributed by atoms with Crippen LogP contribution in [0.3, 0.4) is 0 Å². The van der Waals surface area contributed by atoms with E-state index in [1.807, 2.05) is 36.4 Å². The molecule has 2 heterocycles. The van der Waals surface area contributed by atoms with Gasteiger partial charge in [-0.1, -0.05) is 36.4 Å². The maximum atomic E-state index is 12.7. The normalized spacial score (nSPS) is 14.8. The van der Waals surface area contributed by atoms with Gasteiger partial charge in [-0.25, -0.2) is 0 Å². The van der Waals surface area contributed by atoms with Crippen LogP contribution in [0, 0.1) is 0 Å². The molecule has 1 aliphatic heterocycles. The highest BCUT2D eigenvalue weighted by atomic mass is 16.5. The Morgan fingerprint density at radius 2 is 1.58 bits per heavy atom. The lowest BCUT2D eigenvalue weighted by atomic mass is 10.0. The molecular weight excluding hydrogens is 328 g/mol. The minimum absolute atomic E-state index is 0.123. The van der Waals surface area contributed by atoms with Crippen LogP contribution in [0.2, 0.25) is 0 Å². The Bertz CT molecular complexity index is 1290. The fourth-order valence-corrected chi connectivity index (χ4v) is 3.21. The first-order valence-electron chi connectivity index (χ1n) is 8.18. The Kier molecular flexibility index (Phi) is 3.06. The van der Waals surface area contributed by atoms with Gasteiger partial charge in [-0.2, -0.15) is 0 Å². The smallest absolute Gasteiger partial charge is 0.231 e. The molecule has 4 aromatic rings. The summed E-state index contributed by atoms with van der Waals surface area (Å²) in [4.78, 5) is 25.3. The summed E-state index contributed by atoms with van der Waals surface area (Å²) in [6.45, 7) is 0. The number of ether oxygens (including phenoxy) is 1. The fourth-order valence-electron chi connectivity index (χ4n) is 3.21. The van der Waals surface area contributed by atoms with Crippen LogP contribution >= 0.6 is 0 Å². The summed E-state index contributed by atoms with van der Waals surface area (Å²) in [6, 6.07) is 18.4. The molecule has 0 amide bonds. The third-order valence-electron chi connectivity index (χ3n) is 4.53. The van der Waals surface area contributed by atoms with E-state index in [-0.39, 0.29) is 22.5 Å². The molecule has 26 heavy (non-hydrogen) atoms. The summed E-state index contributed by atoms with van der Waals surface area (Å²) in [7, 11) is 0. The number of fused-ring (bicyclic) bond motifs is 3. The summed E-state index contributed by atoms with van der Waals surface area (Å²) in [5.74, 6) is 0.390. The zero-order chi connectivity index (χ0) is 17.7. The number of allylic oxidation sites excluding steroid dienone is 1. The molecule has 0 spiro atoms. The second kappa shape index (κ2) is 5.43. The summed E-state index contributed by atoms with van der Waals surface area (Å²) in [6.07, 6.45) is 2.80. The summed E-state index contributed by atoms with van der Waals surface area (Å²) >= 11 is 0. The number of carbonyl (C=O) groups excluding carboxylic acids is 1. The standard InChI is InChI=1S/C22H12O4/c23-21-15(12-25-18-8-4-3-7-16(18)21)11-20-22(24)17-9-13-5-1-2-6-14(13)10-19(17)26-20/h1-12H/b20-11-. The van der Waals surface area contributed by atoms with Gasteiger partial charge in [0.2, 0.25) is 5.78 Å². The number of benzene rings is 3. The first-order chi connectivity index (χ1) is 12.7. The van der Waals surface area contributed by atoms with Crippen LogP contribution in [0.4, 0.5) is 0 Å². The van der Waals surface area contributed by atoms with E-state index in [2.05, 4.69) is 0 Å². The monoisotopic (exact) mass is 340 g/mol. The van der Waals surface area contributed by atoms with Crippen molar-refractivity contribution in [1.29, 1.82) is 0 Å². The minimum Gasteiger partial charge on any atom is -0.463 e. The van der Waals surface area contributed by atoms with Crippen molar-refractivity contribution >= 4 is 33.6 Å². The third-order valence-corrected chi connectivity index (χ3v) is 4.53. The average Bonchev–Trinajstić information content (AvgIpc) is 2.97. The first kappa shape index (κ1) is 14.7. The SMILES string of the molecule is O=C1/C(=C/c2coc3ccccc3c2=O)Oc2cc3ccccc3cc21. The molecule has 0 saturated carbocycles. The predicted molar refractivity (Wildman–Crippen MR) is 99.4 cm³/mol. The van der Waals surface area contributed by atoms with Crippen LogP contribution in [-0.4, -0.2) is 5.78 Å². The Morgan fingerprint density at radius 1 is 0.846 bits per heavy atom. The van der Waals surface area contributed by atoms with Gasteiger partial charge in [-0.15, -0.1) is 0 Å². The van der Waals surface area contributed by atoms with Crippen molar-refractivity contribution in [3.05, 3.63) is 94.0 Å². The van der Waals surface area contributed by atoms with Crippen molar-refractivity contribution in [2.75, 3.05) is 0 Å². The Labute approximate surface area is 147 Å². The van der Waals surface area contributed by atoms with Gasteiger partial charge in [-0.05, 0) is 41.1 Å². The highest BCUT2D eigenvalue weighted by Crippen LogP contribution is 2.35. The third kappa shape index (κ3) is 2.16. The Hall–Kier alpha value is -3.66. The maximum absolute atomic E-state index is 12.7. The van der Waals surface area contributed by atoms with Crippen LogP contribution in [0.5, 0.6) is 5.75 Å². The summed E-state index contributed by atoms with van der Waals surface area (Å²) in [5, 5.41) is 2.43. The molecule has 0 radical (unpaired) electrons. The fraction of sp³-hybridized carbons (Fsp3) is 0. The molecule has 3 aromatic carbocycles. The van der Waals surface area contributed by atoms with Gasteiger partial charge in [0.25, 0.3) is 0 Å². The number of hydrogen-bond acceptors (Lipinski definition) is 4. The number of rotatable bonds is 1. The van der Waals surface area contributed by atoms with Crippen LogP contribution in [0.1, 0.15) is 15.9 Å². The van der Waals surface area contributed by atoms with Crippen molar-refractivity contribution < 1.29 is 13.9 Å². The highest BCUT2D eigenvalue weighted by molar-refractivity contribution is 6.16. The zero-order valence-corrected chi connectivity index (χ0v) is 13.6. The molecule has 0 unspecified atom stereocenters. The number of ketones is 1. The Morgan fingerprint density at radius 3 is 2.42 bits per heavy atom. The maximum Gasteiger partial charge on any atom is 0.231 e.